The molecule has 1 aromatic heterocycles. The summed E-state index contributed by atoms with van der Waals surface area (Å²) in [5, 5.41) is 10.1. The summed E-state index contributed by atoms with van der Waals surface area (Å²) >= 11 is 1.53. The molecule has 5 nitrogen and oxygen atoms in total. The van der Waals surface area contributed by atoms with E-state index in [1.807, 2.05) is 6.07 Å². The van der Waals surface area contributed by atoms with Crippen molar-refractivity contribution in [2.24, 2.45) is 5.92 Å². The van der Waals surface area contributed by atoms with Crippen LogP contribution in [0, 0.1) is 5.92 Å². The Morgan fingerprint density at radius 2 is 2.10 bits per heavy atom. The Labute approximate surface area is 128 Å². The van der Waals surface area contributed by atoms with Gasteiger partial charge in [0.2, 0.25) is 0 Å². The molecular formula is C14H18N2O3S2. The van der Waals surface area contributed by atoms with Crippen molar-refractivity contribution in [1.29, 1.82) is 0 Å². The summed E-state index contributed by atoms with van der Waals surface area (Å²) in [5.41, 5.74) is 0.573. The van der Waals surface area contributed by atoms with E-state index < -0.39 is 9.84 Å². The van der Waals surface area contributed by atoms with Gasteiger partial charge >= 0.3 is 0 Å². The highest BCUT2D eigenvalue weighted by molar-refractivity contribution is 7.91. The van der Waals surface area contributed by atoms with Crippen molar-refractivity contribution in [3.8, 4) is 0 Å². The lowest BCUT2D eigenvalue weighted by Crippen LogP contribution is -2.34. The van der Waals surface area contributed by atoms with Crippen LogP contribution in [-0.4, -0.2) is 44.5 Å². The zero-order valence-electron chi connectivity index (χ0n) is 11.8. The van der Waals surface area contributed by atoms with E-state index in [9.17, 15) is 13.5 Å². The van der Waals surface area contributed by atoms with E-state index in [-0.39, 0.29) is 6.61 Å². The van der Waals surface area contributed by atoms with Crippen molar-refractivity contribution in [3.05, 3.63) is 18.2 Å². The van der Waals surface area contributed by atoms with Crippen molar-refractivity contribution in [2.45, 2.75) is 17.7 Å². The number of hydrogen-bond acceptors (Lipinski definition) is 6. The van der Waals surface area contributed by atoms with Gasteiger partial charge in [-0.2, -0.15) is 0 Å². The van der Waals surface area contributed by atoms with Crippen LogP contribution in [0.5, 0.6) is 0 Å². The quantitative estimate of drug-likeness (QED) is 0.933. The number of fused-ring (bicyclic) bond motifs is 1. The maximum atomic E-state index is 11.8. The predicted molar refractivity (Wildman–Crippen MR) is 84.8 cm³/mol. The molecule has 0 bridgehead atoms. The van der Waals surface area contributed by atoms with Crippen molar-refractivity contribution >= 4 is 36.5 Å². The molecule has 21 heavy (non-hydrogen) atoms. The van der Waals surface area contributed by atoms with Crippen LogP contribution in [-0.2, 0) is 9.84 Å². The Bertz CT molecular complexity index is 747. The third-order valence-electron chi connectivity index (χ3n) is 3.91. The fourth-order valence-electron chi connectivity index (χ4n) is 2.65. The molecule has 0 atom stereocenters. The topological polar surface area (TPSA) is 70.5 Å². The number of hydrogen-bond donors (Lipinski definition) is 1. The summed E-state index contributed by atoms with van der Waals surface area (Å²) in [4.78, 5) is 7.04. The average molecular weight is 326 g/mol. The number of anilines is 1. The van der Waals surface area contributed by atoms with E-state index in [0.29, 0.717) is 16.3 Å². The van der Waals surface area contributed by atoms with E-state index in [4.69, 9.17) is 0 Å². The second kappa shape index (κ2) is 5.55. The van der Waals surface area contributed by atoms with Gasteiger partial charge in [-0.15, -0.1) is 0 Å². The Hall–Kier alpha value is -1.18. The normalized spacial score (nSPS) is 17.5. The summed E-state index contributed by atoms with van der Waals surface area (Å²) in [6.07, 6.45) is 3.12. The summed E-state index contributed by atoms with van der Waals surface area (Å²) in [6, 6.07) is 5.28. The molecule has 0 spiro atoms. The van der Waals surface area contributed by atoms with E-state index >= 15 is 0 Å². The Morgan fingerprint density at radius 1 is 1.38 bits per heavy atom. The van der Waals surface area contributed by atoms with Gasteiger partial charge in [0.1, 0.15) is 5.52 Å². The second-order valence-corrected chi connectivity index (χ2v) is 8.48. The second-order valence-electron chi connectivity index (χ2n) is 5.48. The molecule has 3 rings (SSSR count). The van der Waals surface area contributed by atoms with Crippen LogP contribution in [0.15, 0.2) is 23.1 Å². The number of nitrogens with zero attached hydrogens (tertiary/aromatic N) is 2. The molecule has 0 aliphatic carbocycles. The first kappa shape index (κ1) is 14.7. The van der Waals surface area contributed by atoms with E-state index in [2.05, 4.69) is 9.88 Å². The first-order valence-corrected chi connectivity index (χ1v) is 9.65. The Morgan fingerprint density at radius 3 is 2.71 bits per heavy atom. The Balaban J connectivity index is 1.95. The highest BCUT2D eigenvalue weighted by atomic mass is 32.2. The molecule has 1 saturated heterocycles. The summed E-state index contributed by atoms with van der Waals surface area (Å²) in [6.45, 7) is 1.96. The fraction of sp³-hybridized carbons (Fsp3) is 0.500. The van der Waals surface area contributed by atoms with Crippen molar-refractivity contribution in [2.75, 3.05) is 30.9 Å². The zero-order valence-corrected chi connectivity index (χ0v) is 13.5. The van der Waals surface area contributed by atoms with Crippen LogP contribution in [0.3, 0.4) is 0 Å². The molecule has 1 N–H and O–H groups in total. The lowest BCUT2D eigenvalue weighted by atomic mass is 9.98. The number of aliphatic hydroxyl groups is 1. The molecule has 1 aliphatic heterocycles. The third-order valence-corrected chi connectivity index (χ3v) is 6.12. The van der Waals surface area contributed by atoms with Gasteiger partial charge in [0, 0.05) is 26.0 Å². The van der Waals surface area contributed by atoms with Crippen molar-refractivity contribution in [1.82, 2.24) is 4.98 Å². The van der Waals surface area contributed by atoms with Gasteiger partial charge in [-0.3, -0.25) is 0 Å². The minimum Gasteiger partial charge on any atom is -0.396 e. The zero-order chi connectivity index (χ0) is 15.0. The van der Waals surface area contributed by atoms with Gasteiger partial charge in [0.15, 0.2) is 15.0 Å². The standard InChI is InChI=1S/C14H18N2O3S2/c1-21(18,19)12-4-2-3-11-13(12)15-14(20-11)16-7-5-10(9-17)6-8-16/h2-4,10,17H,5-9H2,1H3. The van der Waals surface area contributed by atoms with Gasteiger partial charge in [0.25, 0.3) is 0 Å². The maximum Gasteiger partial charge on any atom is 0.186 e. The number of benzene rings is 1. The summed E-state index contributed by atoms with van der Waals surface area (Å²) < 4.78 is 24.6. The minimum atomic E-state index is -3.27. The number of thiazole rings is 1. The highest BCUT2D eigenvalue weighted by Crippen LogP contribution is 2.34. The number of aliphatic hydroxyl groups excluding tert-OH is 1. The summed E-state index contributed by atoms with van der Waals surface area (Å²) in [5.74, 6) is 0.377. The smallest absolute Gasteiger partial charge is 0.186 e. The molecule has 2 heterocycles. The molecule has 2 aromatic rings. The largest absolute Gasteiger partial charge is 0.396 e. The Kier molecular flexibility index (Phi) is 3.90. The third kappa shape index (κ3) is 2.90. The molecular weight excluding hydrogens is 308 g/mol. The lowest BCUT2D eigenvalue weighted by molar-refractivity contribution is 0.203. The number of para-hydroxylation sites is 1. The highest BCUT2D eigenvalue weighted by Gasteiger charge is 2.22. The maximum absolute atomic E-state index is 11.8. The molecule has 0 unspecified atom stereocenters. The van der Waals surface area contributed by atoms with Crippen LogP contribution in [0.2, 0.25) is 0 Å². The van der Waals surface area contributed by atoms with Gasteiger partial charge in [-0.1, -0.05) is 17.4 Å². The number of piperidine rings is 1. The number of aromatic nitrogens is 1. The average Bonchev–Trinajstić information content (AvgIpc) is 2.90. The summed E-state index contributed by atoms with van der Waals surface area (Å²) in [7, 11) is -3.27. The van der Waals surface area contributed by atoms with E-state index in [0.717, 1.165) is 35.8 Å². The van der Waals surface area contributed by atoms with Crippen molar-refractivity contribution in [3.63, 3.8) is 0 Å². The number of rotatable bonds is 3. The van der Waals surface area contributed by atoms with Gasteiger partial charge in [-0.05, 0) is 30.9 Å². The fourth-order valence-corrected chi connectivity index (χ4v) is 4.59. The SMILES string of the molecule is CS(=O)(=O)c1cccc2sc(N3CCC(CO)CC3)nc12. The van der Waals surface area contributed by atoms with Crippen LogP contribution in [0.1, 0.15) is 12.8 Å². The lowest BCUT2D eigenvalue weighted by Gasteiger charge is -2.30. The molecule has 0 amide bonds. The number of sulfone groups is 1. The van der Waals surface area contributed by atoms with Crippen molar-refractivity contribution < 1.29 is 13.5 Å². The molecule has 7 heteroatoms. The minimum absolute atomic E-state index is 0.242. The molecule has 1 aromatic carbocycles. The first-order chi connectivity index (χ1) is 9.99. The molecule has 114 valence electrons. The molecule has 1 fully saturated rings. The van der Waals surface area contributed by atoms with E-state index in [1.54, 1.807) is 12.1 Å². The monoisotopic (exact) mass is 326 g/mol. The van der Waals surface area contributed by atoms with Crippen LogP contribution >= 0.6 is 11.3 Å². The van der Waals surface area contributed by atoms with Gasteiger partial charge in [0.05, 0.1) is 9.60 Å². The van der Waals surface area contributed by atoms with Gasteiger partial charge in [-0.25, -0.2) is 13.4 Å². The predicted octanol–water partition coefficient (Wildman–Crippen LogP) is 1.91. The van der Waals surface area contributed by atoms with Crippen LogP contribution in [0.4, 0.5) is 5.13 Å². The molecule has 0 radical (unpaired) electrons. The van der Waals surface area contributed by atoms with Gasteiger partial charge < -0.3 is 10.0 Å². The molecule has 0 saturated carbocycles. The van der Waals surface area contributed by atoms with Crippen LogP contribution in [0.25, 0.3) is 10.2 Å². The first-order valence-electron chi connectivity index (χ1n) is 6.94. The van der Waals surface area contributed by atoms with E-state index in [1.165, 1.54) is 17.6 Å². The van der Waals surface area contributed by atoms with Crippen LogP contribution < -0.4 is 4.90 Å². The molecule has 1 aliphatic rings.